The predicted octanol–water partition coefficient (Wildman–Crippen LogP) is 0.676. The molecule has 0 saturated carbocycles. The van der Waals surface area contributed by atoms with Gasteiger partial charge in [-0.05, 0) is 24.3 Å². The Balaban J connectivity index is 2.08. The Kier molecular flexibility index (Phi) is 3.80. The largest absolute Gasteiger partial charge is 0.416 e. The van der Waals surface area contributed by atoms with E-state index in [1.165, 1.54) is 17.0 Å². The van der Waals surface area contributed by atoms with Crippen molar-refractivity contribution in [3.05, 3.63) is 35.4 Å². The van der Waals surface area contributed by atoms with Gasteiger partial charge < -0.3 is 9.80 Å². The van der Waals surface area contributed by atoms with E-state index in [9.17, 15) is 18.0 Å². The van der Waals surface area contributed by atoms with E-state index in [0.29, 0.717) is 18.7 Å². The zero-order chi connectivity index (χ0) is 14.0. The van der Waals surface area contributed by atoms with Crippen LogP contribution in [-0.4, -0.2) is 44.0 Å². The minimum absolute atomic E-state index is 0.193. The molecule has 1 N–H and O–H groups in total. The molecule has 0 aliphatic carbocycles. The van der Waals surface area contributed by atoms with Gasteiger partial charge in [0.25, 0.3) is 5.91 Å². The van der Waals surface area contributed by atoms with Gasteiger partial charge in [0.1, 0.15) is 0 Å². The highest BCUT2D eigenvalue weighted by Crippen LogP contribution is 2.29. The number of carbonyl (C=O) groups excluding carboxylic acids is 1. The van der Waals surface area contributed by atoms with E-state index in [4.69, 9.17) is 0 Å². The van der Waals surface area contributed by atoms with Crippen molar-refractivity contribution < 1.29 is 22.9 Å². The molecule has 19 heavy (non-hydrogen) atoms. The van der Waals surface area contributed by atoms with Gasteiger partial charge in [-0.1, -0.05) is 0 Å². The molecule has 2 rings (SSSR count). The number of amides is 1. The van der Waals surface area contributed by atoms with Gasteiger partial charge in [0.05, 0.1) is 38.8 Å². The third-order valence-electron chi connectivity index (χ3n) is 3.36. The lowest BCUT2D eigenvalue weighted by Gasteiger charge is -2.30. The van der Waals surface area contributed by atoms with Crippen LogP contribution in [0.3, 0.4) is 0 Å². The Bertz CT molecular complexity index is 448. The van der Waals surface area contributed by atoms with E-state index < -0.39 is 11.7 Å². The van der Waals surface area contributed by atoms with Crippen LogP contribution >= 0.6 is 0 Å². The topological polar surface area (TPSA) is 24.8 Å². The minimum Gasteiger partial charge on any atom is -0.334 e. The van der Waals surface area contributed by atoms with Crippen molar-refractivity contribution in [2.45, 2.75) is 6.18 Å². The van der Waals surface area contributed by atoms with Gasteiger partial charge in [0.15, 0.2) is 0 Å². The van der Waals surface area contributed by atoms with Crippen molar-refractivity contribution in [3.63, 3.8) is 0 Å². The molecule has 1 aliphatic rings. The molecule has 1 aliphatic heterocycles. The quantitative estimate of drug-likeness (QED) is 0.799. The second-order valence-corrected chi connectivity index (χ2v) is 4.82. The Labute approximate surface area is 109 Å². The zero-order valence-electron chi connectivity index (χ0n) is 10.6. The molecular weight excluding hydrogens is 257 g/mol. The number of likely N-dealkylation sites (N-methyl/N-ethyl adjacent to an activating group) is 1. The average Bonchev–Trinajstić information content (AvgIpc) is 2.38. The summed E-state index contributed by atoms with van der Waals surface area (Å²) in [6.45, 7) is 3.02. The SMILES string of the molecule is C[NH+]1CCN(C(=O)c2ccc(C(F)(F)F)cc2)CC1. The molecule has 0 radical (unpaired) electrons. The number of nitrogens with zero attached hydrogens (tertiary/aromatic N) is 1. The monoisotopic (exact) mass is 273 g/mol. The van der Waals surface area contributed by atoms with E-state index in [1.54, 1.807) is 4.90 Å². The molecule has 0 unspecified atom stereocenters. The fourth-order valence-corrected chi connectivity index (χ4v) is 2.08. The predicted molar refractivity (Wildman–Crippen MR) is 64.0 cm³/mol. The molecule has 1 heterocycles. The summed E-state index contributed by atoms with van der Waals surface area (Å²) >= 11 is 0. The highest BCUT2D eigenvalue weighted by Gasteiger charge is 2.30. The summed E-state index contributed by atoms with van der Waals surface area (Å²) in [4.78, 5) is 15.2. The summed E-state index contributed by atoms with van der Waals surface area (Å²) in [7, 11) is 2.06. The number of benzene rings is 1. The summed E-state index contributed by atoms with van der Waals surface area (Å²) in [6, 6.07) is 4.40. The van der Waals surface area contributed by atoms with E-state index in [-0.39, 0.29) is 5.91 Å². The number of carbonyl (C=O) groups is 1. The molecule has 3 nitrogen and oxygen atoms in total. The van der Waals surface area contributed by atoms with E-state index >= 15 is 0 Å². The van der Waals surface area contributed by atoms with Crippen LogP contribution in [0.25, 0.3) is 0 Å². The molecule has 1 aromatic rings. The van der Waals surface area contributed by atoms with Crippen molar-refractivity contribution in [2.75, 3.05) is 33.2 Å². The summed E-state index contributed by atoms with van der Waals surface area (Å²) in [5.41, 5.74) is -0.417. The minimum atomic E-state index is -4.36. The first-order valence-corrected chi connectivity index (χ1v) is 6.16. The maximum atomic E-state index is 12.4. The van der Waals surface area contributed by atoms with Crippen LogP contribution in [0.4, 0.5) is 13.2 Å². The maximum absolute atomic E-state index is 12.4. The molecule has 0 bridgehead atoms. The lowest BCUT2D eigenvalue weighted by Crippen LogP contribution is -3.12. The number of hydrogen-bond donors (Lipinski definition) is 1. The molecule has 1 fully saturated rings. The fourth-order valence-electron chi connectivity index (χ4n) is 2.08. The van der Waals surface area contributed by atoms with Crippen LogP contribution < -0.4 is 4.90 Å². The molecule has 0 spiro atoms. The molecule has 1 amide bonds. The standard InChI is InChI=1S/C13H15F3N2O/c1-17-6-8-18(9-7-17)12(19)10-2-4-11(5-3-10)13(14,15)16/h2-5H,6-9H2,1H3/p+1. The van der Waals surface area contributed by atoms with Gasteiger partial charge in [0, 0.05) is 5.56 Å². The number of quaternary nitrogens is 1. The zero-order valence-corrected chi connectivity index (χ0v) is 10.6. The average molecular weight is 273 g/mol. The number of alkyl halides is 3. The van der Waals surface area contributed by atoms with E-state index in [1.807, 2.05) is 0 Å². The van der Waals surface area contributed by atoms with Gasteiger partial charge >= 0.3 is 6.18 Å². The van der Waals surface area contributed by atoms with Gasteiger partial charge in [-0.2, -0.15) is 13.2 Å². The van der Waals surface area contributed by atoms with Crippen LogP contribution in [0.1, 0.15) is 15.9 Å². The van der Waals surface area contributed by atoms with Gasteiger partial charge in [-0.25, -0.2) is 0 Å². The van der Waals surface area contributed by atoms with Crippen LogP contribution in [0.5, 0.6) is 0 Å². The highest BCUT2D eigenvalue weighted by atomic mass is 19.4. The number of hydrogen-bond acceptors (Lipinski definition) is 1. The lowest BCUT2D eigenvalue weighted by molar-refractivity contribution is -0.883. The van der Waals surface area contributed by atoms with Gasteiger partial charge in [0.2, 0.25) is 0 Å². The van der Waals surface area contributed by atoms with Gasteiger partial charge in [-0.15, -0.1) is 0 Å². The first-order valence-electron chi connectivity index (χ1n) is 6.16. The number of rotatable bonds is 1. The Morgan fingerprint density at radius 3 is 2.16 bits per heavy atom. The van der Waals surface area contributed by atoms with Crippen LogP contribution in [0.15, 0.2) is 24.3 Å². The third-order valence-corrected chi connectivity index (χ3v) is 3.36. The molecule has 1 aromatic carbocycles. The second-order valence-electron chi connectivity index (χ2n) is 4.82. The van der Waals surface area contributed by atoms with Crippen molar-refractivity contribution in [1.29, 1.82) is 0 Å². The van der Waals surface area contributed by atoms with Crippen molar-refractivity contribution in [2.24, 2.45) is 0 Å². The molecule has 6 heteroatoms. The Hall–Kier alpha value is -1.56. The normalized spacial score (nSPS) is 17.6. The molecule has 1 saturated heterocycles. The van der Waals surface area contributed by atoms with Crippen LogP contribution in [0, 0.1) is 0 Å². The number of halogens is 3. The molecule has 104 valence electrons. The number of nitrogens with one attached hydrogen (secondary N) is 1. The molecular formula is C13H16F3N2O+. The maximum Gasteiger partial charge on any atom is 0.416 e. The summed E-state index contributed by atoms with van der Waals surface area (Å²) in [6.07, 6.45) is -4.36. The van der Waals surface area contributed by atoms with Gasteiger partial charge in [-0.3, -0.25) is 4.79 Å². The highest BCUT2D eigenvalue weighted by molar-refractivity contribution is 5.94. The molecule has 0 atom stereocenters. The Morgan fingerprint density at radius 2 is 1.68 bits per heavy atom. The first-order chi connectivity index (χ1) is 8.88. The van der Waals surface area contributed by atoms with Crippen molar-refractivity contribution >= 4 is 5.91 Å². The second kappa shape index (κ2) is 5.21. The summed E-state index contributed by atoms with van der Waals surface area (Å²) in [5, 5.41) is 0. The third kappa shape index (κ3) is 3.26. The van der Waals surface area contributed by atoms with E-state index in [0.717, 1.165) is 25.2 Å². The van der Waals surface area contributed by atoms with E-state index in [2.05, 4.69) is 7.05 Å². The van der Waals surface area contributed by atoms with Crippen LogP contribution in [0.2, 0.25) is 0 Å². The summed E-state index contributed by atoms with van der Waals surface area (Å²) in [5.74, 6) is -0.193. The van der Waals surface area contributed by atoms with Crippen molar-refractivity contribution in [1.82, 2.24) is 4.90 Å². The lowest BCUT2D eigenvalue weighted by atomic mass is 10.1. The smallest absolute Gasteiger partial charge is 0.334 e. The van der Waals surface area contributed by atoms with Crippen molar-refractivity contribution in [3.8, 4) is 0 Å². The number of piperazine rings is 1. The first kappa shape index (κ1) is 13.9. The fraction of sp³-hybridized carbons (Fsp3) is 0.462. The summed E-state index contributed by atoms with van der Waals surface area (Å²) < 4.78 is 37.3. The van der Waals surface area contributed by atoms with Crippen LogP contribution in [-0.2, 0) is 6.18 Å². The molecule has 0 aromatic heterocycles. The Morgan fingerprint density at radius 1 is 1.16 bits per heavy atom.